The minimum atomic E-state index is 0.446. The Morgan fingerprint density at radius 3 is 3.00 bits per heavy atom. The van der Waals surface area contributed by atoms with E-state index in [1.165, 1.54) is 9.75 Å². The quantitative estimate of drug-likeness (QED) is 0.749. The maximum absolute atomic E-state index is 9.22. The summed E-state index contributed by atoms with van der Waals surface area (Å²) in [4.78, 5) is 6.99. The maximum Gasteiger partial charge on any atom is 0.143 e. The van der Waals surface area contributed by atoms with Crippen LogP contribution in [0.3, 0.4) is 0 Å². The summed E-state index contributed by atoms with van der Waals surface area (Å²) in [6.07, 6.45) is 0.846. The van der Waals surface area contributed by atoms with Crippen molar-refractivity contribution in [1.82, 2.24) is 4.98 Å². The molecule has 0 spiro atoms. The lowest BCUT2D eigenvalue weighted by molar-refractivity contribution is 0.981. The van der Waals surface area contributed by atoms with Gasteiger partial charge in [-0.25, -0.2) is 4.98 Å². The van der Waals surface area contributed by atoms with Crippen LogP contribution in [0.25, 0.3) is 10.2 Å². The molecule has 0 aliphatic carbocycles. The second-order valence-electron chi connectivity index (χ2n) is 4.97. The van der Waals surface area contributed by atoms with E-state index in [1.807, 2.05) is 12.1 Å². The minimum absolute atomic E-state index is 0.446. The molecule has 0 saturated heterocycles. The van der Waals surface area contributed by atoms with E-state index in [9.17, 15) is 5.26 Å². The Kier molecular flexibility index (Phi) is 4.39. The molecule has 0 amide bonds. The number of nitrogens with zero attached hydrogens (tertiary/aromatic N) is 2. The number of nitrogens with one attached hydrogen (secondary N) is 1. The second-order valence-corrected chi connectivity index (χ2v) is 7.10. The molecule has 0 aliphatic heterocycles. The van der Waals surface area contributed by atoms with Crippen LogP contribution in [0.4, 0.5) is 5.69 Å². The van der Waals surface area contributed by atoms with Crippen molar-refractivity contribution in [2.24, 2.45) is 5.73 Å². The van der Waals surface area contributed by atoms with Crippen LogP contribution in [0.5, 0.6) is 0 Å². The summed E-state index contributed by atoms with van der Waals surface area (Å²) < 4.78 is 1.11. The minimum Gasteiger partial charge on any atom is -0.379 e. The van der Waals surface area contributed by atoms with Gasteiger partial charge < -0.3 is 11.1 Å². The number of thiophene rings is 2. The van der Waals surface area contributed by atoms with Gasteiger partial charge in [0.2, 0.25) is 0 Å². The molecule has 0 aromatic carbocycles. The van der Waals surface area contributed by atoms with E-state index >= 15 is 0 Å². The highest BCUT2D eigenvalue weighted by Crippen LogP contribution is 2.35. The highest BCUT2D eigenvalue weighted by molar-refractivity contribution is 7.19. The predicted molar refractivity (Wildman–Crippen MR) is 93.5 cm³/mol. The predicted octanol–water partition coefficient (Wildman–Crippen LogP) is 3.65. The van der Waals surface area contributed by atoms with Crippen LogP contribution in [-0.2, 0) is 13.0 Å². The third-order valence-electron chi connectivity index (χ3n) is 3.49. The first-order chi connectivity index (χ1) is 10.7. The van der Waals surface area contributed by atoms with Crippen molar-refractivity contribution in [2.45, 2.75) is 19.9 Å². The molecule has 3 rings (SSSR count). The van der Waals surface area contributed by atoms with Gasteiger partial charge in [-0.2, -0.15) is 5.26 Å². The summed E-state index contributed by atoms with van der Waals surface area (Å²) >= 11 is 3.44. The third kappa shape index (κ3) is 2.83. The summed E-state index contributed by atoms with van der Waals surface area (Å²) in [5.41, 5.74) is 9.17. The number of nitriles is 1. The molecule has 6 heteroatoms. The Morgan fingerprint density at radius 2 is 2.32 bits per heavy atom. The fourth-order valence-electron chi connectivity index (χ4n) is 2.38. The Balaban J connectivity index is 2.03. The number of fused-ring (bicyclic) bond motifs is 1. The fourth-order valence-corrected chi connectivity index (χ4v) is 4.27. The lowest BCUT2D eigenvalue weighted by Crippen LogP contribution is -2.01. The molecular weight excluding hydrogens is 312 g/mol. The monoisotopic (exact) mass is 328 g/mol. The molecule has 0 radical (unpaired) electrons. The number of rotatable bonds is 5. The Labute approximate surface area is 137 Å². The first-order valence-electron chi connectivity index (χ1n) is 7.02. The topological polar surface area (TPSA) is 74.7 Å². The largest absolute Gasteiger partial charge is 0.379 e. The number of aromatic nitrogens is 1. The molecule has 0 unspecified atom stereocenters. The summed E-state index contributed by atoms with van der Waals surface area (Å²) in [6, 6.07) is 8.12. The normalized spacial score (nSPS) is 10.8. The summed E-state index contributed by atoms with van der Waals surface area (Å²) in [7, 11) is 0. The lowest BCUT2D eigenvalue weighted by Gasteiger charge is -2.06. The van der Waals surface area contributed by atoms with Crippen LogP contribution < -0.4 is 11.1 Å². The van der Waals surface area contributed by atoms with Crippen LogP contribution in [0.2, 0.25) is 0 Å². The molecule has 112 valence electrons. The average Bonchev–Trinajstić information content (AvgIpc) is 3.15. The van der Waals surface area contributed by atoms with Crippen LogP contribution in [0.15, 0.2) is 23.6 Å². The van der Waals surface area contributed by atoms with Gasteiger partial charge in [0.15, 0.2) is 0 Å². The Hall–Kier alpha value is -1.94. The SMILES string of the molecule is Cc1c(CCN)sc2c(NCc3cccs3)cc(C#N)nc12. The Bertz CT molecular complexity index is 828. The van der Waals surface area contributed by atoms with Gasteiger partial charge in [-0.05, 0) is 43.0 Å². The van der Waals surface area contributed by atoms with E-state index in [-0.39, 0.29) is 0 Å². The molecule has 22 heavy (non-hydrogen) atoms. The molecule has 0 fully saturated rings. The molecule has 3 heterocycles. The van der Waals surface area contributed by atoms with Crippen molar-refractivity contribution in [3.05, 3.63) is 44.6 Å². The summed E-state index contributed by atoms with van der Waals surface area (Å²) in [5, 5.41) is 14.7. The molecule has 3 aromatic rings. The van der Waals surface area contributed by atoms with Crippen molar-refractivity contribution in [3.8, 4) is 6.07 Å². The summed E-state index contributed by atoms with van der Waals surface area (Å²) in [5.74, 6) is 0. The van der Waals surface area contributed by atoms with Crippen molar-refractivity contribution in [2.75, 3.05) is 11.9 Å². The number of nitrogens with two attached hydrogens (primary N) is 1. The average molecular weight is 328 g/mol. The van der Waals surface area contributed by atoms with E-state index in [2.05, 4.69) is 34.7 Å². The van der Waals surface area contributed by atoms with Crippen LogP contribution in [0, 0.1) is 18.3 Å². The van der Waals surface area contributed by atoms with Gasteiger partial charge in [-0.3, -0.25) is 0 Å². The first kappa shape index (κ1) is 15.0. The molecule has 0 bridgehead atoms. The second kappa shape index (κ2) is 6.44. The van der Waals surface area contributed by atoms with Crippen molar-refractivity contribution in [1.29, 1.82) is 5.26 Å². The smallest absolute Gasteiger partial charge is 0.143 e. The van der Waals surface area contributed by atoms with Gasteiger partial charge in [-0.1, -0.05) is 6.07 Å². The van der Waals surface area contributed by atoms with Crippen LogP contribution in [-0.4, -0.2) is 11.5 Å². The van der Waals surface area contributed by atoms with Gasteiger partial charge in [0.1, 0.15) is 11.8 Å². The zero-order chi connectivity index (χ0) is 15.5. The first-order valence-corrected chi connectivity index (χ1v) is 8.72. The Morgan fingerprint density at radius 1 is 1.45 bits per heavy atom. The molecule has 0 aliphatic rings. The van der Waals surface area contributed by atoms with E-state index in [0.29, 0.717) is 12.2 Å². The van der Waals surface area contributed by atoms with E-state index in [1.54, 1.807) is 22.7 Å². The van der Waals surface area contributed by atoms with E-state index < -0.39 is 0 Å². The third-order valence-corrected chi connectivity index (χ3v) is 5.74. The van der Waals surface area contributed by atoms with E-state index in [4.69, 9.17) is 5.73 Å². The molecule has 0 saturated carbocycles. The van der Waals surface area contributed by atoms with Crippen LogP contribution in [0.1, 0.15) is 21.0 Å². The maximum atomic E-state index is 9.22. The summed E-state index contributed by atoms with van der Waals surface area (Å²) in [6.45, 7) is 3.43. The number of pyridine rings is 1. The molecule has 3 aromatic heterocycles. The highest BCUT2D eigenvalue weighted by Gasteiger charge is 2.14. The van der Waals surface area contributed by atoms with Gasteiger partial charge >= 0.3 is 0 Å². The number of anilines is 1. The number of hydrogen-bond acceptors (Lipinski definition) is 6. The van der Waals surface area contributed by atoms with E-state index in [0.717, 1.165) is 34.4 Å². The molecule has 0 atom stereocenters. The lowest BCUT2D eigenvalue weighted by atomic mass is 10.2. The van der Waals surface area contributed by atoms with Gasteiger partial charge in [-0.15, -0.1) is 22.7 Å². The zero-order valence-electron chi connectivity index (χ0n) is 12.2. The van der Waals surface area contributed by atoms with Crippen molar-refractivity contribution >= 4 is 38.6 Å². The molecule has 4 nitrogen and oxygen atoms in total. The number of hydrogen-bond donors (Lipinski definition) is 2. The molecular formula is C16H16N4S2. The highest BCUT2D eigenvalue weighted by atomic mass is 32.1. The van der Waals surface area contributed by atoms with Crippen molar-refractivity contribution < 1.29 is 0 Å². The molecule has 3 N–H and O–H groups in total. The number of aryl methyl sites for hydroxylation is 1. The van der Waals surface area contributed by atoms with Crippen molar-refractivity contribution in [3.63, 3.8) is 0 Å². The fraction of sp³-hybridized carbons (Fsp3) is 0.250. The standard InChI is InChI=1S/C16H16N4S2/c1-10-14(4-5-17)22-16-13(7-11(8-18)20-15(10)16)19-9-12-3-2-6-21-12/h2-3,6-7H,4-5,9,17H2,1H3,(H,19,20). The van der Waals surface area contributed by atoms with Gasteiger partial charge in [0.05, 0.1) is 15.9 Å². The van der Waals surface area contributed by atoms with Gasteiger partial charge in [0, 0.05) is 16.3 Å². The zero-order valence-corrected chi connectivity index (χ0v) is 13.9. The van der Waals surface area contributed by atoms with Crippen LogP contribution >= 0.6 is 22.7 Å². The van der Waals surface area contributed by atoms with Gasteiger partial charge in [0.25, 0.3) is 0 Å².